The van der Waals surface area contributed by atoms with E-state index >= 15 is 0 Å². The zero-order chi connectivity index (χ0) is 14.9. The van der Waals surface area contributed by atoms with Gasteiger partial charge in [0, 0.05) is 25.7 Å². The zero-order valence-electron chi connectivity index (χ0n) is 10.4. The molecule has 0 aliphatic carbocycles. The molecule has 0 atom stereocenters. The standard InChI is InChI=1S/C14H10Br2ClNO2/c1-7-2-9(17)3-8(14(7)20)6-18-13-11(15)4-10(19)5-12(13)16/h2-6,19-20H,1H3. The molecule has 0 radical (unpaired) electrons. The number of hydrogen-bond acceptors (Lipinski definition) is 3. The topological polar surface area (TPSA) is 52.8 Å². The first-order valence-corrected chi connectivity index (χ1v) is 7.56. The van der Waals surface area contributed by atoms with E-state index in [0.29, 0.717) is 30.8 Å². The first kappa shape index (κ1) is 15.4. The summed E-state index contributed by atoms with van der Waals surface area (Å²) in [5.74, 6) is 0.272. The van der Waals surface area contributed by atoms with Crippen molar-refractivity contribution in [3.63, 3.8) is 0 Å². The maximum atomic E-state index is 9.97. The van der Waals surface area contributed by atoms with Gasteiger partial charge < -0.3 is 10.2 Å². The second-order valence-corrected chi connectivity index (χ2v) is 6.32. The highest BCUT2D eigenvalue weighted by molar-refractivity contribution is 9.11. The van der Waals surface area contributed by atoms with E-state index in [4.69, 9.17) is 11.6 Å². The van der Waals surface area contributed by atoms with Crippen molar-refractivity contribution < 1.29 is 10.2 Å². The predicted octanol–water partition coefficient (Wildman–Crippen LogP) is 5.34. The smallest absolute Gasteiger partial charge is 0.127 e. The highest BCUT2D eigenvalue weighted by atomic mass is 79.9. The van der Waals surface area contributed by atoms with Crippen LogP contribution in [0.5, 0.6) is 11.5 Å². The molecule has 0 unspecified atom stereocenters. The summed E-state index contributed by atoms with van der Waals surface area (Å²) in [4.78, 5) is 4.31. The molecule has 2 aromatic carbocycles. The molecule has 0 bridgehead atoms. The number of phenolic OH excluding ortho intramolecular Hbond substituents is 2. The van der Waals surface area contributed by atoms with Crippen molar-refractivity contribution in [2.75, 3.05) is 0 Å². The molecule has 20 heavy (non-hydrogen) atoms. The van der Waals surface area contributed by atoms with Gasteiger partial charge >= 0.3 is 0 Å². The Morgan fingerprint density at radius 3 is 2.30 bits per heavy atom. The molecule has 0 fully saturated rings. The van der Waals surface area contributed by atoms with Gasteiger partial charge in [-0.2, -0.15) is 0 Å². The Morgan fingerprint density at radius 2 is 1.70 bits per heavy atom. The maximum Gasteiger partial charge on any atom is 0.127 e. The van der Waals surface area contributed by atoms with Gasteiger partial charge in [0.1, 0.15) is 11.5 Å². The Hall–Kier alpha value is -1.04. The van der Waals surface area contributed by atoms with Crippen molar-refractivity contribution >= 4 is 55.4 Å². The number of aliphatic imine (C=N–C) groups is 1. The number of halogens is 3. The largest absolute Gasteiger partial charge is 0.508 e. The first-order valence-electron chi connectivity index (χ1n) is 5.59. The van der Waals surface area contributed by atoms with Crippen molar-refractivity contribution in [1.82, 2.24) is 0 Å². The number of phenols is 2. The Kier molecular flexibility index (Phi) is 4.73. The van der Waals surface area contributed by atoms with Crippen molar-refractivity contribution in [3.05, 3.63) is 49.4 Å². The monoisotopic (exact) mass is 417 g/mol. The summed E-state index contributed by atoms with van der Waals surface area (Å²) in [6, 6.07) is 6.40. The molecule has 3 nitrogen and oxygen atoms in total. The molecule has 0 aromatic heterocycles. The van der Waals surface area contributed by atoms with Crippen LogP contribution in [0.25, 0.3) is 0 Å². The fraction of sp³-hybridized carbons (Fsp3) is 0.0714. The van der Waals surface area contributed by atoms with Crippen LogP contribution in [0.4, 0.5) is 5.69 Å². The van der Waals surface area contributed by atoms with Gasteiger partial charge in [0.2, 0.25) is 0 Å². The van der Waals surface area contributed by atoms with E-state index in [9.17, 15) is 10.2 Å². The van der Waals surface area contributed by atoms with E-state index in [1.54, 1.807) is 31.2 Å². The molecule has 0 spiro atoms. The Bertz CT molecular complexity index is 679. The number of benzene rings is 2. The lowest BCUT2D eigenvalue weighted by molar-refractivity contribution is 0.470. The van der Waals surface area contributed by atoms with Crippen LogP contribution in [0.3, 0.4) is 0 Å². The quantitative estimate of drug-likeness (QED) is 0.646. The molecule has 0 aliphatic heterocycles. The number of aromatic hydroxyl groups is 2. The molecule has 0 saturated carbocycles. The number of nitrogens with zero attached hydrogens (tertiary/aromatic N) is 1. The minimum atomic E-state index is 0.129. The van der Waals surface area contributed by atoms with Crippen molar-refractivity contribution in [2.45, 2.75) is 6.92 Å². The lowest BCUT2D eigenvalue weighted by Gasteiger charge is -2.05. The van der Waals surface area contributed by atoms with E-state index in [1.165, 1.54) is 6.21 Å². The Balaban J connectivity index is 2.45. The van der Waals surface area contributed by atoms with Crippen LogP contribution in [-0.4, -0.2) is 16.4 Å². The van der Waals surface area contributed by atoms with Crippen LogP contribution in [0.1, 0.15) is 11.1 Å². The van der Waals surface area contributed by atoms with Crippen LogP contribution < -0.4 is 0 Å². The summed E-state index contributed by atoms with van der Waals surface area (Å²) >= 11 is 12.6. The average molecular weight is 420 g/mol. The molecule has 0 amide bonds. The molecule has 2 rings (SSSR count). The van der Waals surface area contributed by atoms with Gasteiger partial charge in [0.05, 0.1) is 5.69 Å². The average Bonchev–Trinajstić information content (AvgIpc) is 2.33. The second-order valence-electron chi connectivity index (χ2n) is 4.18. The van der Waals surface area contributed by atoms with E-state index in [-0.39, 0.29) is 11.5 Å². The summed E-state index contributed by atoms with van der Waals surface area (Å²) < 4.78 is 1.28. The van der Waals surface area contributed by atoms with Gasteiger partial charge in [-0.25, -0.2) is 0 Å². The van der Waals surface area contributed by atoms with Crippen molar-refractivity contribution in [1.29, 1.82) is 0 Å². The number of aryl methyl sites for hydroxylation is 1. The van der Waals surface area contributed by atoms with Gasteiger partial charge in [0.15, 0.2) is 0 Å². The summed E-state index contributed by atoms with van der Waals surface area (Å²) in [5.41, 5.74) is 1.82. The molecule has 2 N–H and O–H groups in total. The van der Waals surface area contributed by atoms with Crippen LogP contribution in [0.2, 0.25) is 5.02 Å². The first-order chi connectivity index (χ1) is 9.38. The summed E-state index contributed by atoms with van der Waals surface area (Å²) in [5, 5.41) is 20.0. The third-order valence-electron chi connectivity index (χ3n) is 2.63. The third-order valence-corrected chi connectivity index (χ3v) is 4.06. The molecule has 0 aliphatic rings. The Morgan fingerprint density at radius 1 is 1.10 bits per heavy atom. The highest BCUT2D eigenvalue weighted by Crippen LogP contribution is 2.37. The van der Waals surface area contributed by atoms with Crippen LogP contribution in [0, 0.1) is 6.92 Å². The highest BCUT2D eigenvalue weighted by Gasteiger charge is 2.08. The van der Waals surface area contributed by atoms with Gasteiger partial charge in [-0.3, -0.25) is 4.99 Å². The van der Waals surface area contributed by atoms with E-state index in [2.05, 4.69) is 36.9 Å². The van der Waals surface area contributed by atoms with Crippen LogP contribution in [-0.2, 0) is 0 Å². The molecule has 0 saturated heterocycles. The van der Waals surface area contributed by atoms with Gasteiger partial charge in [-0.15, -0.1) is 0 Å². The van der Waals surface area contributed by atoms with E-state index < -0.39 is 0 Å². The number of rotatable bonds is 2. The lowest BCUT2D eigenvalue weighted by atomic mass is 10.1. The van der Waals surface area contributed by atoms with Gasteiger partial charge in [0.25, 0.3) is 0 Å². The molecular formula is C14H10Br2ClNO2. The summed E-state index contributed by atoms with van der Waals surface area (Å²) in [7, 11) is 0. The molecule has 0 heterocycles. The lowest BCUT2D eigenvalue weighted by Crippen LogP contribution is -1.86. The molecular weight excluding hydrogens is 409 g/mol. The predicted molar refractivity (Wildman–Crippen MR) is 88.6 cm³/mol. The minimum Gasteiger partial charge on any atom is -0.508 e. The zero-order valence-corrected chi connectivity index (χ0v) is 14.3. The van der Waals surface area contributed by atoms with Crippen molar-refractivity contribution in [3.8, 4) is 11.5 Å². The van der Waals surface area contributed by atoms with Gasteiger partial charge in [-0.1, -0.05) is 11.6 Å². The summed E-state index contributed by atoms with van der Waals surface area (Å²) in [6.07, 6.45) is 1.52. The fourth-order valence-corrected chi connectivity index (χ4v) is 3.32. The SMILES string of the molecule is Cc1cc(Cl)cc(C=Nc2c(Br)cc(O)cc2Br)c1O. The molecule has 6 heteroatoms. The number of hydrogen-bond donors (Lipinski definition) is 2. The molecule has 104 valence electrons. The minimum absolute atomic E-state index is 0.129. The van der Waals surface area contributed by atoms with E-state index in [0.717, 1.165) is 0 Å². The second kappa shape index (κ2) is 6.16. The van der Waals surface area contributed by atoms with Crippen molar-refractivity contribution in [2.24, 2.45) is 4.99 Å². The van der Waals surface area contributed by atoms with Gasteiger partial charge in [-0.05, 0) is 68.6 Å². The third kappa shape index (κ3) is 3.34. The molecule has 2 aromatic rings. The normalized spacial score (nSPS) is 11.2. The fourth-order valence-electron chi connectivity index (χ4n) is 1.67. The summed E-state index contributed by atoms with van der Waals surface area (Å²) in [6.45, 7) is 1.77. The Labute approximate surface area is 138 Å². The van der Waals surface area contributed by atoms with Crippen LogP contribution >= 0.6 is 43.5 Å². The maximum absolute atomic E-state index is 9.97. The van der Waals surface area contributed by atoms with E-state index in [1.807, 2.05) is 0 Å². The van der Waals surface area contributed by atoms with Crippen LogP contribution in [0.15, 0.2) is 38.2 Å².